The van der Waals surface area contributed by atoms with Gasteiger partial charge in [0.25, 0.3) is 0 Å². The molecule has 3 nitrogen and oxygen atoms in total. The first kappa shape index (κ1) is 11.3. The summed E-state index contributed by atoms with van der Waals surface area (Å²) in [7, 11) is 0. The zero-order valence-corrected chi connectivity index (χ0v) is 9.81. The van der Waals surface area contributed by atoms with Crippen LogP contribution in [0.3, 0.4) is 0 Å². The minimum absolute atomic E-state index is 0.610. The molecule has 0 unspecified atom stereocenters. The van der Waals surface area contributed by atoms with Gasteiger partial charge in [0.2, 0.25) is 0 Å². The molecule has 0 fully saturated rings. The van der Waals surface area contributed by atoms with Gasteiger partial charge in [0.05, 0.1) is 12.3 Å². The van der Waals surface area contributed by atoms with Crippen LogP contribution in [0.5, 0.6) is 5.75 Å². The molecule has 0 atom stereocenters. The quantitative estimate of drug-likeness (QED) is 0.788. The van der Waals surface area contributed by atoms with Crippen molar-refractivity contribution < 1.29 is 4.74 Å². The van der Waals surface area contributed by atoms with E-state index in [4.69, 9.17) is 10.5 Å². The molecule has 0 aliphatic heterocycles. The second-order valence-corrected chi connectivity index (χ2v) is 3.68. The van der Waals surface area contributed by atoms with Gasteiger partial charge in [-0.15, -0.1) is 0 Å². The number of rotatable bonds is 4. The first-order valence-corrected chi connectivity index (χ1v) is 5.64. The van der Waals surface area contributed by atoms with Gasteiger partial charge in [-0.3, -0.25) is 0 Å². The molecule has 0 bridgehead atoms. The van der Waals surface area contributed by atoms with Gasteiger partial charge in [-0.05, 0) is 31.2 Å². The summed E-state index contributed by atoms with van der Waals surface area (Å²) in [6.45, 7) is 2.55. The van der Waals surface area contributed by atoms with E-state index in [1.807, 2.05) is 55.5 Å². The Balaban J connectivity index is 2.19. The number of nitrogens with two attached hydrogens (primary N) is 1. The highest BCUT2D eigenvalue weighted by atomic mass is 16.5. The molecule has 0 aromatic heterocycles. The van der Waals surface area contributed by atoms with E-state index in [2.05, 4.69) is 5.32 Å². The summed E-state index contributed by atoms with van der Waals surface area (Å²) in [4.78, 5) is 0. The first-order valence-electron chi connectivity index (χ1n) is 5.64. The minimum atomic E-state index is 0.610. The van der Waals surface area contributed by atoms with E-state index in [-0.39, 0.29) is 0 Å². The van der Waals surface area contributed by atoms with Gasteiger partial charge in [0.15, 0.2) is 0 Å². The van der Waals surface area contributed by atoms with Crippen LogP contribution >= 0.6 is 0 Å². The van der Waals surface area contributed by atoms with E-state index < -0.39 is 0 Å². The topological polar surface area (TPSA) is 47.3 Å². The monoisotopic (exact) mass is 228 g/mol. The maximum absolute atomic E-state index is 5.82. The second-order valence-electron chi connectivity index (χ2n) is 3.68. The zero-order chi connectivity index (χ0) is 12.1. The number of nitrogens with one attached hydrogen (secondary N) is 1. The molecule has 0 aliphatic rings. The second kappa shape index (κ2) is 5.25. The van der Waals surface area contributed by atoms with Crippen LogP contribution in [0.4, 0.5) is 17.1 Å². The molecule has 17 heavy (non-hydrogen) atoms. The van der Waals surface area contributed by atoms with Crippen molar-refractivity contribution in [3.63, 3.8) is 0 Å². The van der Waals surface area contributed by atoms with E-state index in [1.54, 1.807) is 0 Å². The highest BCUT2D eigenvalue weighted by Crippen LogP contribution is 2.27. The predicted molar refractivity (Wildman–Crippen MR) is 71.7 cm³/mol. The molecule has 0 aliphatic carbocycles. The Bertz CT molecular complexity index is 483. The van der Waals surface area contributed by atoms with Crippen LogP contribution < -0.4 is 15.8 Å². The van der Waals surface area contributed by atoms with Crippen molar-refractivity contribution in [2.75, 3.05) is 17.7 Å². The molecule has 0 saturated carbocycles. The molecule has 0 spiro atoms. The highest BCUT2D eigenvalue weighted by molar-refractivity contribution is 5.66. The lowest BCUT2D eigenvalue weighted by Crippen LogP contribution is -1.98. The predicted octanol–water partition coefficient (Wildman–Crippen LogP) is 3.41. The summed E-state index contributed by atoms with van der Waals surface area (Å²) >= 11 is 0. The van der Waals surface area contributed by atoms with Crippen molar-refractivity contribution in [1.82, 2.24) is 0 Å². The Labute approximate surface area is 101 Å². The van der Waals surface area contributed by atoms with Gasteiger partial charge in [0, 0.05) is 17.4 Å². The van der Waals surface area contributed by atoms with Crippen LogP contribution in [0, 0.1) is 0 Å². The molecule has 88 valence electrons. The maximum Gasteiger partial charge on any atom is 0.144 e. The summed E-state index contributed by atoms with van der Waals surface area (Å²) in [5, 5.41) is 3.29. The molecule has 0 radical (unpaired) electrons. The Hall–Kier alpha value is -2.16. The lowest BCUT2D eigenvalue weighted by Gasteiger charge is -2.11. The lowest BCUT2D eigenvalue weighted by molar-refractivity contribution is 0.342. The molecule has 3 heteroatoms. The molecule has 2 aromatic rings. The summed E-state index contributed by atoms with van der Waals surface area (Å²) in [5.74, 6) is 0.716. The average Bonchev–Trinajstić information content (AvgIpc) is 2.35. The van der Waals surface area contributed by atoms with E-state index >= 15 is 0 Å². The highest BCUT2D eigenvalue weighted by Gasteiger charge is 2.01. The van der Waals surface area contributed by atoms with Crippen LogP contribution in [0.1, 0.15) is 6.92 Å². The largest absolute Gasteiger partial charge is 0.492 e. The fourth-order valence-electron chi connectivity index (χ4n) is 1.58. The van der Waals surface area contributed by atoms with Crippen molar-refractivity contribution in [3.05, 3.63) is 48.5 Å². The van der Waals surface area contributed by atoms with Crippen LogP contribution in [0.2, 0.25) is 0 Å². The number of nitrogen functional groups attached to an aromatic ring is 1. The lowest BCUT2D eigenvalue weighted by atomic mass is 10.2. The van der Waals surface area contributed by atoms with Gasteiger partial charge >= 0.3 is 0 Å². The van der Waals surface area contributed by atoms with Crippen molar-refractivity contribution in [1.29, 1.82) is 0 Å². The summed E-state index contributed by atoms with van der Waals surface area (Å²) in [6, 6.07) is 15.7. The van der Waals surface area contributed by atoms with Crippen LogP contribution in [0.15, 0.2) is 48.5 Å². The fraction of sp³-hybridized carbons (Fsp3) is 0.143. The zero-order valence-electron chi connectivity index (χ0n) is 9.81. The molecular formula is C14H16N2O. The van der Waals surface area contributed by atoms with Crippen molar-refractivity contribution >= 4 is 17.1 Å². The molecular weight excluding hydrogens is 212 g/mol. The molecule has 2 rings (SSSR count). The molecule has 0 amide bonds. The van der Waals surface area contributed by atoms with Gasteiger partial charge in [-0.1, -0.05) is 18.2 Å². The number of anilines is 3. The van der Waals surface area contributed by atoms with E-state index in [0.717, 1.165) is 11.4 Å². The molecule has 0 saturated heterocycles. The number of benzene rings is 2. The number of hydrogen-bond acceptors (Lipinski definition) is 3. The number of para-hydroxylation sites is 1. The van der Waals surface area contributed by atoms with Crippen LogP contribution in [-0.4, -0.2) is 6.61 Å². The normalized spacial score (nSPS) is 9.94. The molecule has 0 heterocycles. The van der Waals surface area contributed by atoms with Crippen molar-refractivity contribution in [2.45, 2.75) is 6.92 Å². The van der Waals surface area contributed by atoms with Gasteiger partial charge in [-0.25, -0.2) is 0 Å². The Morgan fingerprint density at radius 2 is 1.82 bits per heavy atom. The van der Waals surface area contributed by atoms with E-state index in [0.29, 0.717) is 18.0 Å². The van der Waals surface area contributed by atoms with Crippen molar-refractivity contribution in [3.8, 4) is 5.75 Å². The van der Waals surface area contributed by atoms with E-state index in [1.165, 1.54) is 0 Å². The first-order chi connectivity index (χ1) is 8.29. The van der Waals surface area contributed by atoms with Gasteiger partial charge in [0.1, 0.15) is 5.75 Å². The fourth-order valence-corrected chi connectivity index (χ4v) is 1.58. The maximum atomic E-state index is 5.82. The summed E-state index contributed by atoms with van der Waals surface area (Å²) < 4.78 is 5.45. The van der Waals surface area contributed by atoms with Crippen LogP contribution in [-0.2, 0) is 0 Å². The molecule has 2 aromatic carbocycles. The standard InChI is InChI=1S/C14H16N2O/c1-2-17-14-10-12(8-9-13(14)15)16-11-6-4-3-5-7-11/h3-10,16H,2,15H2,1H3. The SMILES string of the molecule is CCOc1cc(Nc2ccccc2)ccc1N. The third-order valence-electron chi connectivity index (χ3n) is 2.38. The van der Waals surface area contributed by atoms with Crippen LogP contribution in [0.25, 0.3) is 0 Å². The summed E-state index contributed by atoms with van der Waals surface area (Å²) in [5.41, 5.74) is 8.48. The van der Waals surface area contributed by atoms with Gasteiger partial charge in [-0.2, -0.15) is 0 Å². The van der Waals surface area contributed by atoms with Crippen molar-refractivity contribution in [2.24, 2.45) is 0 Å². The minimum Gasteiger partial charge on any atom is -0.492 e. The number of hydrogen-bond donors (Lipinski definition) is 2. The van der Waals surface area contributed by atoms with E-state index in [9.17, 15) is 0 Å². The third kappa shape index (κ3) is 2.91. The third-order valence-corrected chi connectivity index (χ3v) is 2.38. The number of ether oxygens (including phenoxy) is 1. The molecule has 3 N–H and O–H groups in total. The average molecular weight is 228 g/mol. The Kier molecular flexibility index (Phi) is 3.50. The Morgan fingerprint density at radius 1 is 1.06 bits per heavy atom. The Morgan fingerprint density at radius 3 is 2.53 bits per heavy atom. The summed E-state index contributed by atoms with van der Waals surface area (Å²) in [6.07, 6.45) is 0. The van der Waals surface area contributed by atoms with Gasteiger partial charge < -0.3 is 15.8 Å². The smallest absolute Gasteiger partial charge is 0.144 e.